The Hall–Kier alpha value is -1.05. The molecule has 0 aromatic heterocycles. The summed E-state index contributed by atoms with van der Waals surface area (Å²) in [7, 11) is 0. The van der Waals surface area contributed by atoms with E-state index in [1.807, 2.05) is 11.8 Å². The summed E-state index contributed by atoms with van der Waals surface area (Å²) in [6, 6.07) is 0.0137. The van der Waals surface area contributed by atoms with Crippen LogP contribution in [0.1, 0.15) is 19.8 Å². The van der Waals surface area contributed by atoms with Crippen molar-refractivity contribution < 1.29 is 9.90 Å². The van der Waals surface area contributed by atoms with Crippen molar-refractivity contribution in [3.8, 4) is 12.3 Å². The van der Waals surface area contributed by atoms with Crippen LogP contribution in [0.3, 0.4) is 0 Å². The quantitative estimate of drug-likeness (QED) is 0.618. The number of carbonyl (C=O) groups is 1. The molecular formula is C10H16N2O2. The normalized spacial score (nSPS) is 29.8. The summed E-state index contributed by atoms with van der Waals surface area (Å²) in [6.07, 6.45) is 6.65. The molecule has 1 saturated heterocycles. The number of terminal acetylenes is 1. The molecule has 0 saturated carbocycles. The molecule has 78 valence electrons. The topological polar surface area (TPSA) is 66.6 Å². The van der Waals surface area contributed by atoms with Crippen LogP contribution in [0.25, 0.3) is 0 Å². The van der Waals surface area contributed by atoms with Crippen molar-refractivity contribution in [3.05, 3.63) is 0 Å². The molecule has 4 heteroatoms. The van der Waals surface area contributed by atoms with Gasteiger partial charge in [-0.15, -0.1) is 6.42 Å². The number of rotatable bonds is 3. The molecule has 0 amide bonds. The maximum Gasteiger partial charge on any atom is 0.325 e. The van der Waals surface area contributed by atoms with Gasteiger partial charge in [-0.05, 0) is 12.8 Å². The van der Waals surface area contributed by atoms with Crippen LogP contribution in [0.4, 0.5) is 0 Å². The number of aliphatic carboxylic acids is 1. The molecule has 14 heavy (non-hydrogen) atoms. The SMILES string of the molecule is C#CC(CC)N1CCC(N)(C(=O)O)C1. The predicted octanol–water partition coefficient (Wildman–Crippen LogP) is -0.114. The monoisotopic (exact) mass is 196 g/mol. The average Bonchev–Trinajstić information content (AvgIpc) is 2.52. The summed E-state index contributed by atoms with van der Waals surface area (Å²) >= 11 is 0. The third-order valence-corrected chi connectivity index (χ3v) is 2.78. The highest BCUT2D eigenvalue weighted by Gasteiger charge is 2.42. The summed E-state index contributed by atoms with van der Waals surface area (Å²) in [5.41, 5.74) is 4.62. The first-order chi connectivity index (χ1) is 6.53. The van der Waals surface area contributed by atoms with Gasteiger partial charge in [-0.2, -0.15) is 0 Å². The minimum absolute atomic E-state index is 0.0137. The van der Waals surface area contributed by atoms with Gasteiger partial charge in [0.1, 0.15) is 5.54 Å². The first-order valence-corrected chi connectivity index (χ1v) is 4.76. The molecule has 1 rings (SSSR count). The minimum atomic E-state index is -1.11. The molecular weight excluding hydrogens is 180 g/mol. The van der Waals surface area contributed by atoms with E-state index >= 15 is 0 Å². The Morgan fingerprint density at radius 2 is 2.50 bits per heavy atom. The summed E-state index contributed by atoms with van der Waals surface area (Å²) in [4.78, 5) is 12.8. The molecule has 2 unspecified atom stereocenters. The molecule has 1 aliphatic heterocycles. The smallest absolute Gasteiger partial charge is 0.325 e. The highest BCUT2D eigenvalue weighted by Crippen LogP contribution is 2.21. The van der Waals surface area contributed by atoms with E-state index < -0.39 is 11.5 Å². The highest BCUT2D eigenvalue weighted by atomic mass is 16.4. The van der Waals surface area contributed by atoms with E-state index in [0.717, 1.165) is 6.42 Å². The van der Waals surface area contributed by atoms with Crippen molar-refractivity contribution in [1.82, 2.24) is 4.90 Å². The lowest BCUT2D eigenvalue weighted by atomic mass is 10.0. The van der Waals surface area contributed by atoms with Gasteiger partial charge in [-0.25, -0.2) is 0 Å². The maximum atomic E-state index is 10.9. The van der Waals surface area contributed by atoms with Gasteiger partial charge in [-0.3, -0.25) is 9.69 Å². The third kappa shape index (κ3) is 1.89. The summed E-state index contributed by atoms with van der Waals surface area (Å²) in [6.45, 7) is 3.01. The third-order valence-electron chi connectivity index (χ3n) is 2.78. The van der Waals surface area contributed by atoms with Crippen molar-refractivity contribution in [3.63, 3.8) is 0 Å². The van der Waals surface area contributed by atoms with Crippen LogP contribution in [0.15, 0.2) is 0 Å². The molecule has 3 N–H and O–H groups in total. The maximum absolute atomic E-state index is 10.9. The minimum Gasteiger partial charge on any atom is -0.480 e. The largest absolute Gasteiger partial charge is 0.480 e. The van der Waals surface area contributed by atoms with Crippen molar-refractivity contribution in [1.29, 1.82) is 0 Å². The molecule has 0 spiro atoms. The van der Waals surface area contributed by atoms with E-state index in [2.05, 4.69) is 5.92 Å². The molecule has 0 aromatic rings. The fourth-order valence-corrected chi connectivity index (χ4v) is 1.79. The lowest BCUT2D eigenvalue weighted by Gasteiger charge is -2.23. The first-order valence-electron chi connectivity index (χ1n) is 4.76. The van der Waals surface area contributed by atoms with Crippen molar-refractivity contribution in [2.45, 2.75) is 31.3 Å². The van der Waals surface area contributed by atoms with Crippen LogP contribution in [0.2, 0.25) is 0 Å². The molecule has 0 aromatic carbocycles. The highest BCUT2D eigenvalue weighted by molar-refractivity contribution is 5.79. The Balaban J connectivity index is 2.66. The number of carboxylic acid groups (broad SMARTS) is 1. The van der Waals surface area contributed by atoms with Crippen LogP contribution >= 0.6 is 0 Å². The van der Waals surface area contributed by atoms with Gasteiger partial charge in [0.25, 0.3) is 0 Å². The Kier molecular flexibility index (Phi) is 3.14. The van der Waals surface area contributed by atoms with Crippen LogP contribution < -0.4 is 5.73 Å². The Morgan fingerprint density at radius 3 is 2.86 bits per heavy atom. The Morgan fingerprint density at radius 1 is 1.86 bits per heavy atom. The number of hydrogen-bond acceptors (Lipinski definition) is 3. The van der Waals surface area contributed by atoms with Crippen molar-refractivity contribution in [2.75, 3.05) is 13.1 Å². The van der Waals surface area contributed by atoms with Gasteiger partial charge >= 0.3 is 5.97 Å². The summed E-state index contributed by atoms with van der Waals surface area (Å²) in [5.74, 6) is 1.71. The van der Waals surface area contributed by atoms with E-state index in [9.17, 15) is 4.79 Å². The zero-order valence-electron chi connectivity index (χ0n) is 8.36. The average molecular weight is 196 g/mol. The van der Waals surface area contributed by atoms with E-state index in [-0.39, 0.29) is 6.04 Å². The molecule has 1 fully saturated rings. The van der Waals surface area contributed by atoms with Crippen LogP contribution in [0, 0.1) is 12.3 Å². The lowest BCUT2D eigenvalue weighted by Crippen LogP contribution is -2.51. The second kappa shape index (κ2) is 3.99. The zero-order chi connectivity index (χ0) is 10.8. The van der Waals surface area contributed by atoms with E-state index in [4.69, 9.17) is 17.3 Å². The number of likely N-dealkylation sites (tertiary alicyclic amines) is 1. The fraction of sp³-hybridized carbons (Fsp3) is 0.700. The number of nitrogens with zero attached hydrogens (tertiary/aromatic N) is 1. The lowest BCUT2D eigenvalue weighted by molar-refractivity contribution is -0.142. The Labute approximate surface area is 84.1 Å². The molecule has 2 atom stereocenters. The first kappa shape index (κ1) is 11.0. The summed E-state index contributed by atoms with van der Waals surface area (Å²) in [5, 5.41) is 8.91. The summed E-state index contributed by atoms with van der Waals surface area (Å²) < 4.78 is 0. The van der Waals surface area contributed by atoms with Crippen LogP contribution in [-0.2, 0) is 4.79 Å². The fourth-order valence-electron chi connectivity index (χ4n) is 1.79. The molecule has 4 nitrogen and oxygen atoms in total. The van der Waals surface area contributed by atoms with Crippen LogP contribution in [0.5, 0.6) is 0 Å². The molecule has 1 aliphatic rings. The predicted molar refractivity (Wildman–Crippen MR) is 53.7 cm³/mol. The second-order valence-electron chi connectivity index (χ2n) is 3.77. The van der Waals surface area contributed by atoms with Gasteiger partial charge in [0.2, 0.25) is 0 Å². The van der Waals surface area contributed by atoms with Crippen molar-refractivity contribution in [2.24, 2.45) is 5.73 Å². The molecule has 0 aliphatic carbocycles. The molecule has 0 bridgehead atoms. The number of hydrogen-bond donors (Lipinski definition) is 2. The second-order valence-corrected chi connectivity index (χ2v) is 3.77. The van der Waals surface area contributed by atoms with Gasteiger partial charge < -0.3 is 10.8 Å². The molecule has 1 heterocycles. The molecule has 0 radical (unpaired) electrons. The van der Waals surface area contributed by atoms with E-state index in [0.29, 0.717) is 19.5 Å². The Bertz CT molecular complexity index is 272. The van der Waals surface area contributed by atoms with Gasteiger partial charge in [-0.1, -0.05) is 12.8 Å². The standard InChI is InChI=1S/C10H16N2O2/c1-3-8(4-2)12-6-5-10(11,7-12)9(13)14/h1,8H,4-7,11H2,2H3,(H,13,14). The van der Waals surface area contributed by atoms with Crippen LogP contribution in [-0.4, -0.2) is 40.6 Å². The van der Waals surface area contributed by atoms with Crippen molar-refractivity contribution >= 4 is 5.97 Å². The van der Waals surface area contributed by atoms with E-state index in [1.54, 1.807) is 0 Å². The zero-order valence-corrected chi connectivity index (χ0v) is 8.36. The number of carboxylic acids is 1. The van der Waals surface area contributed by atoms with E-state index in [1.165, 1.54) is 0 Å². The van der Waals surface area contributed by atoms with Gasteiger partial charge in [0, 0.05) is 13.1 Å². The number of nitrogens with two attached hydrogens (primary N) is 1. The van der Waals surface area contributed by atoms with Gasteiger partial charge in [0.05, 0.1) is 6.04 Å². The van der Waals surface area contributed by atoms with Gasteiger partial charge in [0.15, 0.2) is 0 Å².